The van der Waals surface area contributed by atoms with Gasteiger partial charge in [0.25, 0.3) is 5.91 Å². The van der Waals surface area contributed by atoms with Gasteiger partial charge in [-0.1, -0.05) is 36.4 Å². The van der Waals surface area contributed by atoms with Gasteiger partial charge in [0, 0.05) is 22.3 Å². The van der Waals surface area contributed by atoms with E-state index in [0.717, 1.165) is 6.42 Å². The van der Waals surface area contributed by atoms with E-state index in [1.807, 2.05) is 12.3 Å². The van der Waals surface area contributed by atoms with Crippen molar-refractivity contribution in [1.29, 1.82) is 0 Å². The normalized spacial score (nSPS) is 12.4. The predicted octanol–water partition coefficient (Wildman–Crippen LogP) is 0.751. The minimum atomic E-state index is -1.22. The number of aromatic nitrogens is 1. The van der Waals surface area contributed by atoms with E-state index >= 15 is 0 Å². The molecule has 25 heavy (non-hydrogen) atoms. The third-order valence-corrected chi connectivity index (χ3v) is 3.91. The fourth-order valence-electron chi connectivity index (χ4n) is 2.76. The van der Waals surface area contributed by atoms with Crippen molar-refractivity contribution in [3.63, 3.8) is 0 Å². The van der Waals surface area contributed by atoms with E-state index in [0.29, 0.717) is 17.1 Å². The van der Waals surface area contributed by atoms with Crippen LogP contribution in [0.5, 0.6) is 0 Å². The molecule has 2 aromatic carbocycles. The molecule has 0 aliphatic carbocycles. The van der Waals surface area contributed by atoms with Gasteiger partial charge >= 0.3 is 5.97 Å². The van der Waals surface area contributed by atoms with Crippen LogP contribution >= 0.6 is 0 Å². The number of aromatic amines is 1. The summed E-state index contributed by atoms with van der Waals surface area (Å²) in [5.74, 6) is -1.90. The number of fused-ring (bicyclic) bond motifs is 2. The number of carbonyl (C=O) groups is 2. The summed E-state index contributed by atoms with van der Waals surface area (Å²) in [4.78, 5) is 28.6. The molecule has 0 saturated carbocycles. The predicted molar refractivity (Wildman–Crippen MR) is 94.3 cm³/mol. The minimum Gasteiger partial charge on any atom is -0.477 e. The molecule has 1 aliphatic rings. The average molecular weight is 335 g/mol. The van der Waals surface area contributed by atoms with Gasteiger partial charge in [-0.05, 0) is 30.7 Å². The highest BCUT2D eigenvalue weighted by Gasteiger charge is 2.22. The van der Waals surface area contributed by atoms with Crippen molar-refractivity contribution in [1.82, 2.24) is 4.98 Å². The van der Waals surface area contributed by atoms with Crippen LogP contribution < -0.4 is 16.3 Å². The van der Waals surface area contributed by atoms with Crippen molar-refractivity contribution in [3.8, 4) is 0 Å². The second-order valence-corrected chi connectivity index (χ2v) is 5.51. The summed E-state index contributed by atoms with van der Waals surface area (Å²) in [7, 11) is 0. The number of amides is 1. The lowest BCUT2D eigenvalue weighted by Gasteiger charge is -1.93. The third kappa shape index (κ3) is 3.34. The molecule has 6 nitrogen and oxygen atoms in total. The topological polar surface area (TPSA) is 109 Å². The Bertz CT molecular complexity index is 1070. The highest BCUT2D eigenvalue weighted by Crippen LogP contribution is 2.17. The largest absolute Gasteiger partial charge is 0.477 e. The highest BCUT2D eigenvalue weighted by atomic mass is 16.4. The van der Waals surface area contributed by atoms with Crippen molar-refractivity contribution in [2.75, 3.05) is 6.54 Å². The van der Waals surface area contributed by atoms with Gasteiger partial charge in [-0.15, -0.1) is 0 Å². The van der Waals surface area contributed by atoms with Crippen LogP contribution in [0.25, 0.3) is 16.5 Å². The number of carbonyl (C=O) groups excluding carboxylic acids is 1. The number of H-pyrrole nitrogens is 1. The maximum atomic E-state index is 11.1. The molecule has 126 valence electrons. The van der Waals surface area contributed by atoms with Gasteiger partial charge in [0.2, 0.25) is 0 Å². The summed E-state index contributed by atoms with van der Waals surface area (Å²) in [6, 6.07) is 14.9. The van der Waals surface area contributed by atoms with E-state index < -0.39 is 11.9 Å². The second kappa shape index (κ2) is 7.11. The van der Waals surface area contributed by atoms with Crippen molar-refractivity contribution < 1.29 is 14.7 Å². The van der Waals surface area contributed by atoms with Gasteiger partial charge < -0.3 is 15.8 Å². The first-order valence-electron chi connectivity index (χ1n) is 7.82. The molecule has 0 spiro atoms. The number of rotatable bonds is 3. The van der Waals surface area contributed by atoms with Gasteiger partial charge in [-0.25, -0.2) is 9.79 Å². The maximum absolute atomic E-state index is 11.1. The van der Waals surface area contributed by atoms with Gasteiger partial charge in [0.15, 0.2) is 0 Å². The molecule has 1 amide bonds. The molecule has 0 saturated heterocycles. The lowest BCUT2D eigenvalue weighted by molar-refractivity contribution is -0.131. The van der Waals surface area contributed by atoms with Crippen molar-refractivity contribution in [2.45, 2.75) is 6.42 Å². The van der Waals surface area contributed by atoms with Crippen LogP contribution in [0.3, 0.4) is 0 Å². The summed E-state index contributed by atoms with van der Waals surface area (Å²) < 4.78 is 0. The molecule has 1 aliphatic heterocycles. The Balaban J connectivity index is 0.000000146. The number of para-hydroxylation sites is 2. The molecular formula is C19H17N3O3. The molecule has 6 heteroatoms. The SMILES string of the molecule is NCCc1c[nH]c2ccccc12.O=C(O)C1=c2ccccc2=NC1=O. The average Bonchev–Trinajstić information content (AvgIpc) is 3.16. The number of aliphatic carboxylic acids is 1. The zero-order valence-corrected chi connectivity index (χ0v) is 13.4. The molecule has 0 fully saturated rings. The lowest BCUT2D eigenvalue weighted by atomic mass is 10.1. The Kier molecular flexibility index (Phi) is 4.72. The molecule has 0 bridgehead atoms. The van der Waals surface area contributed by atoms with E-state index in [4.69, 9.17) is 10.8 Å². The summed E-state index contributed by atoms with van der Waals surface area (Å²) in [5, 5.41) is 10.8. The van der Waals surface area contributed by atoms with Crippen LogP contribution in [0.1, 0.15) is 5.56 Å². The number of carboxylic acid groups (broad SMARTS) is 1. The first-order chi connectivity index (χ1) is 12.1. The molecule has 0 radical (unpaired) electrons. The molecule has 1 aromatic heterocycles. The highest BCUT2D eigenvalue weighted by molar-refractivity contribution is 6.38. The smallest absolute Gasteiger partial charge is 0.342 e. The fraction of sp³-hybridized carbons (Fsp3) is 0.105. The number of benzene rings is 2. The van der Waals surface area contributed by atoms with E-state index in [1.165, 1.54) is 16.5 Å². The first kappa shape index (κ1) is 16.6. The van der Waals surface area contributed by atoms with Crippen LogP contribution in [-0.4, -0.2) is 28.5 Å². The van der Waals surface area contributed by atoms with Crippen molar-refractivity contribution in [3.05, 3.63) is 70.9 Å². The number of hydrogen-bond acceptors (Lipinski definition) is 3. The standard InChI is InChI=1S/C10H12N2.C9H5NO3/c11-6-5-8-7-12-10-4-2-1-3-9(8)10;11-8-7(9(12)13)5-3-1-2-4-6(5)10-8/h1-4,7,12H,5-6,11H2;1-4H,(H,12,13). The number of nitrogens with one attached hydrogen (secondary N) is 1. The van der Waals surface area contributed by atoms with Crippen molar-refractivity contribution >= 4 is 28.4 Å². The van der Waals surface area contributed by atoms with E-state index in [-0.39, 0.29) is 5.57 Å². The molecule has 0 unspecified atom stereocenters. The quantitative estimate of drug-likeness (QED) is 0.656. The van der Waals surface area contributed by atoms with Gasteiger partial charge in [0.05, 0.1) is 5.36 Å². The monoisotopic (exact) mass is 335 g/mol. The van der Waals surface area contributed by atoms with Crippen LogP contribution in [-0.2, 0) is 16.0 Å². The number of nitrogens with zero attached hydrogens (tertiary/aromatic N) is 1. The molecule has 4 rings (SSSR count). The Morgan fingerprint density at radius 3 is 2.60 bits per heavy atom. The third-order valence-electron chi connectivity index (χ3n) is 3.91. The van der Waals surface area contributed by atoms with Gasteiger partial charge in [-0.2, -0.15) is 0 Å². The zero-order chi connectivity index (χ0) is 17.8. The Morgan fingerprint density at radius 2 is 1.84 bits per heavy atom. The Labute approximate surface area is 143 Å². The first-order valence-corrected chi connectivity index (χ1v) is 7.82. The summed E-state index contributed by atoms with van der Waals surface area (Å²) in [6.07, 6.45) is 2.99. The van der Waals surface area contributed by atoms with Gasteiger partial charge in [0.1, 0.15) is 5.57 Å². The van der Waals surface area contributed by atoms with Crippen LogP contribution in [0.15, 0.2) is 59.7 Å². The molecule has 0 atom stereocenters. The van der Waals surface area contributed by atoms with E-state index in [2.05, 4.69) is 28.2 Å². The zero-order valence-electron chi connectivity index (χ0n) is 13.4. The number of hydrogen-bond donors (Lipinski definition) is 3. The maximum Gasteiger partial charge on any atom is 0.342 e. The summed E-state index contributed by atoms with van der Waals surface area (Å²) in [5.41, 5.74) is 7.77. The van der Waals surface area contributed by atoms with Crippen LogP contribution in [0.4, 0.5) is 0 Å². The Morgan fingerprint density at radius 1 is 1.12 bits per heavy atom. The number of nitrogens with two attached hydrogens (primary N) is 1. The van der Waals surface area contributed by atoms with E-state index in [1.54, 1.807) is 24.3 Å². The number of carboxylic acids is 1. The van der Waals surface area contributed by atoms with Crippen LogP contribution in [0, 0.1) is 0 Å². The molecule has 3 aromatic rings. The summed E-state index contributed by atoms with van der Waals surface area (Å²) >= 11 is 0. The lowest BCUT2D eigenvalue weighted by Crippen LogP contribution is -2.24. The molecular weight excluding hydrogens is 318 g/mol. The molecule has 4 N–H and O–H groups in total. The summed E-state index contributed by atoms with van der Waals surface area (Å²) in [6.45, 7) is 0.710. The van der Waals surface area contributed by atoms with Crippen molar-refractivity contribution in [2.24, 2.45) is 10.7 Å². The van der Waals surface area contributed by atoms with Crippen LogP contribution in [0.2, 0.25) is 0 Å². The second-order valence-electron chi connectivity index (χ2n) is 5.51. The van der Waals surface area contributed by atoms with E-state index in [9.17, 15) is 9.59 Å². The molecule has 2 heterocycles. The Hall–Kier alpha value is -3.25. The fourth-order valence-corrected chi connectivity index (χ4v) is 2.76. The minimum absolute atomic E-state index is 0.240. The van der Waals surface area contributed by atoms with Gasteiger partial charge in [-0.3, -0.25) is 4.79 Å².